The highest BCUT2D eigenvalue weighted by Gasteiger charge is 2.15. The van der Waals surface area contributed by atoms with Crippen molar-refractivity contribution < 1.29 is 9.53 Å². The Hall–Kier alpha value is -2.29. The van der Waals surface area contributed by atoms with Crippen LogP contribution in [0, 0.1) is 0 Å². The zero-order valence-electron chi connectivity index (χ0n) is 14.2. The van der Waals surface area contributed by atoms with E-state index in [1.165, 1.54) is 11.8 Å². The van der Waals surface area contributed by atoms with Crippen LogP contribution in [-0.4, -0.2) is 38.5 Å². The Labute approximate surface area is 170 Å². The third kappa shape index (κ3) is 4.91. The topological polar surface area (TPSA) is 81.9 Å². The van der Waals surface area contributed by atoms with Crippen LogP contribution in [-0.2, 0) is 4.79 Å². The van der Waals surface area contributed by atoms with Gasteiger partial charge >= 0.3 is 0 Å². The molecule has 0 aliphatic rings. The predicted octanol–water partition coefficient (Wildman–Crippen LogP) is 4.10. The van der Waals surface area contributed by atoms with Crippen LogP contribution < -0.4 is 10.1 Å². The quantitative estimate of drug-likeness (QED) is 0.576. The van der Waals surface area contributed by atoms with Crippen LogP contribution in [0.2, 0.25) is 10.0 Å². The number of benzene rings is 2. The molecule has 0 fully saturated rings. The number of carbonyl (C=O) groups is 1. The molecule has 0 unspecified atom stereocenters. The lowest BCUT2D eigenvalue weighted by molar-refractivity contribution is -0.113. The number of ether oxygens (including phenoxy) is 1. The number of tetrazole rings is 1. The van der Waals surface area contributed by atoms with E-state index in [2.05, 4.69) is 20.8 Å². The molecular formula is C17H15Cl2N5O2S. The largest absolute Gasteiger partial charge is 0.492 e. The van der Waals surface area contributed by atoms with Gasteiger partial charge in [-0.1, -0.05) is 47.1 Å². The van der Waals surface area contributed by atoms with Crippen molar-refractivity contribution in [2.45, 2.75) is 12.1 Å². The van der Waals surface area contributed by atoms with Gasteiger partial charge in [0.15, 0.2) is 0 Å². The number of nitrogens with zero attached hydrogens (tertiary/aromatic N) is 4. The molecule has 0 bridgehead atoms. The summed E-state index contributed by atoms with van der Waals surface area (Å²) in [6.45, 7) is 2.42. The number of rotatable bonds is 7. The molecule has 27 heavy (non-hydrogen) atoms. The molecule has 0 aliphatic heterocycles. The van der Waals surface area contributed by atoms with Gasteiger partial charge in [-0.15, -0.1) is 5.10 Å². The van der Waals surface area contributed by atoms with E-state index in [1.807, 2.05) is 31.2 Å². The normalized spacial score (nSPS) is 10.6. The third-order valence-electron chi connectivity index (χ3n) is 3.37. The molecule has 0 aliphatic carbocycles. The van der Waals surface area contributed by atoms with Crippen LogP contribution in [0.25, 0.3) is 5.69 Å². The van der Waals surface area contributed by atoms with E-state index in [1.54, 1.807) is 22.9 Å². The molecule has 0 spiro atoms. The molecular weight excluding hydrogens is 409 g/mol. The van der Waals surface area contributed by atoms with Crippen molar-refractivity contribution in [1.82, 2.24) is 20.2 Å². The maximum absolute atomic E-state index is 12.2. The Morgan fingerprint density at radius 1 is 1.22 bits per heavy atom. The molecule has 1 aromatic heterocycles. The summed E-state index contributed by atoms with van der Waals surface area (Å²) < 4.78 is 7.16. The lowest BCUT2D eigenvalue weighted by Gasteiger charge is -2.10. The molecule has 7 nitrogen and oxygen atoms in total. The third-order valence-corrected chi connectivity index (χ3v) is 5.03. The fourth-order valence-corrected chi connectivity index (χ4v) is 3.21. The fourth-order valence-electron chi connectivity index (χ4n) is 2.23. The maximum atomic E-state index is 12.2. The molecule has 1 heterocycles. The fraction of sp³-hybridized carbons (Fsp3) is 0.176. The average Bonchev–Trinajstić information content (AvgIpc) is 3.12. The van der Waals surface area contributed by atoms with Crippen molar-refractivity contribution in [3.8, 4) is 11.4 Å². The van der Waals surface area contributed by atoms with Gasteiger partial charge in [-0.2, -0.15) is 4.68 Å². The first-order valence-electron chi connectivity index (χ1n) is 7.96. The highest BCUT2D eigenvalue weighted by atomic mass is 35.5. The smallest absolute Gasteiger partial charge is 0.234 e. The van der Waals surface area contributed by atoms with Gasteiger partial charge in [-0.25, -0.2) is 0 Å². The number of para-hydroxylation sites is 2. The Morgan fingerprint density at radius 3 is 2.81 bits per heavy atom. The minimum atomic E-state index is -0.217. The van der Waals surface area contributed by atoms with Gasteiger partial charge in [0.2, 0.25) is 11.1 Å². The second-order valence-electron chi connectivity index (χ2n) is 5.24. The molecule has 0 atom stereocenters. The second kappa shape index (κ2) is 9.07. The summed E-state index contributed by atoms with van der Waals surface area (Å²) in [5, 5.41) is 15.7. The van der Waals surface area contributed by atoms with E-state index in [4.69, 9.17) is 27.9 Å². The van der Waals surface area contributed by atoms with Gasteiger partial charge in [0, 0.05) is 5.69 Å². The average molecular weight is 424 g/mol. The molecule has 10 heteroatoms. The number of amides is 1. The summed E-state index contributed by atoms with van der Waals surface area (Å²) in [5.41, 5.74) is 1.27. The molecule has 140 valence electrons. The minimum absolute atomic E-state index is 0.122. The second-order valence-corrected chi connectivity index (χ2v) is 7.00. The van der Waals surface area contributed by atoms with E-state index in [-0.39, 0.29) is 11.7 Å². The molecule has 1 N–H and O–H groups in total. The molecule has 0 radical (unpaired) electrons. The number of anilines is 1. The number of aromatic nitrogens is 4. The summed E-state index contributed by atoms with van der Waals surface area (Å²) in [6.07, 6.45) is 0. The summed E-state index contributed by atoms with van der Waals surface area (Å²) in [6, 6.07) is 12.3. The standard InChI is InChI=1S/C17H15Cl2N5O2S/c1-2-26-15-6-4-3-5-14(15)24-17(21-22-23-24)27-10-16(25)20-11-7-8-12(18)13(19)9-11/h3-9H,2,10H2,1H3,(H,20,25). The van der Waals surface area contributed by atoms with E-state index in [0.717, 1.165) is 0 Å². The van der Waals surface area contributed by atoms with Crippen LogP contribution in [0.4, 0.5) is 5.69 Å². The number of nitrogens with one attached hydrogen (secondary N) is 1. The Kier molecular flexibility index (Phi) is 6.54. The summed E-state index contributed by atoms with van der Waals surface area (Å²) in [5.74, 6) is 0.567. The lowest BCUT2D eigenvalue weighted by atomic mass is 10.3. The van der Waals surface area contributed by atoms with Crippen molar-refractivity contribution in [2.24, 2.45) is 0 Å². The number of carbonyl (C=O) groups excluding carboxylic acids is 1. The van der Waals surface area contributed by atoms with Gasteiger partial charge < -0.3 is 10.1 Å². The van der Waals surface area contributed by atoms with Gasteiger partial charge in [0.1, 0.15) is 11.4 Å². The van der Waals surface area contributed by atoms with Crippen LogP contribution in [0.1, 0.15) is 6.92 Å². The van der Waals surface area contributed by atoms with Crippen molar-refractivity contribution in [2.75, 3.05) is 17.7 Å². The zero-order valence-corrected chi connectivity index (χ0v) is 16.6. The molecule has 0 saturated carbocycles. The zero-order chi connectivity index (χ0) is 19.2. The van der Waals surface area contributed by atoms with E-state index in [9.17, 15) is 4.79 Å². The Morgan fingerprint density at radius 2 is 2.04 bits per heavy atom. The van der Waals surface area contributed by atoms with Gasteiger partial charge in [0.25, 0.3) is 0 Å². The number of hydrogen-bond donors (Lipinski definition) is 1. The van der Waals surface area contributed by atoms with E-state index in [0.29, 0.717) is 38.9 Å². The molecule has 2 aromatic carbocycles. The predicted molar refractivity (Wildman–Crippen MR) is 106 cm³/mol. The highest BCUT2D eigenvalue weighted by Crippen LogP contribution is 2.27. The number of halogens is 2. The van der Waals surface area contributed by atoms with Crippen molar-refractivity contribution in [3.63, 3.8) is 0 Å². The van der Waals surface area contributed by atoms with Crippen molar-refractivity contribution in [1.29, 1.82) is 0 Å². The Balaban J connectivity index is 1.68. The lowest BCUT2D eigenvalue weighted by Crippen LogP contribution is -2.14. The summed E-state index contributed by atoms with van der Waals surface area (Å²) in [4.78, 5) is 12.2. The van der Waals surface area contributed by atoms with Gasteiger partial charge in [0.05, 0.1) is 22.4 Å². The van der Waals surface area contributed by atoms with Crippen LogP contribution in [0.3, 0.4) is 0 Å². The number of thioether (sulfide) groups is 1. The first-order valence-corrected chi connectivity index (χ1v) is 9.71. The summed E-state index contributed by atoms with van der Waals surface area (Å²) in [7, 11) is 0. The molecule has 0 saturated heterocycles. The van der Waals surface area contributed by atoms with Crippen LogP contribution >= 0.6 is 35.0 Å². The summed E-state index contributed by atoms with van der Waals surface area (Å²) >= 11 is 13.0. The van der Waals surface area contributed by atoms with Crippen LogP contribution in [0.15, 0.2) is 47.6 Å². The van der Waals surface area contributed by atoms with Gasteiger partial charge in [-0.05, 0) is 47.7 Å². The Bertz CT molecular complexity index is 951. The van der Waals surface area contributed by atoms with Crippen molar-refractivity contribution >= 4 is 46.6 Å². The highest BCUT2D eigenvalue weighted by molar-refractivity contribution is 7.99. The van der Waals surface area contributed by atoms with Crippen molar-refractivity contribution in [3.05, 3.63) is 52.5 Å². The minimum Gasteiger partial charge on any atom is -0.492 e. The number of hydrogen-bond acceptors (Lipinski definition) is 6. The monoisotopic (exact) mass is 423 g/mol. The first-order chi connectivity index (χ1) is 13.1. The molecule has 3 aromatic rings. The van der Waals surface area contributed by atoms with Crippen LogP contribution in [0.5, 0.6) is 5.75 Å². The molecule has 3 rings (SSSR count). The van der Waals surface area contributed by atoms with Gasteiger partial charge in [-0.3, -0.25) is 4.79 Å². The first kappa shape index (κ1) is 19.5. The SMILES string of the molecule is CCOc1ccccc1-n1nnnc1SCC(=O)Nc1ccc(Cl)c(Cl)c1. The maximum Gasteiger partial charge on any atom is 0.234 e. The molecule has 1 amide bonds. The van der Waals surface area contributed by atoms with E-state index < -0.39 is 0 Å². The van der Waals surface area contributed by atoms with E-state index >= 15 is 0 Å².